The van der Waals surface area contributed by atoms with E-state index in [9.17, 15) is 15.2 Å². The SMILES string of the molecule is C=CCOC1(C#N)C(=O)C=Cc2cccc(O)c21. The van der Waals surface area contributed by atoms with Crippen LogP contribution in [0.4, 0.5) is 0 Å². The van der Waals surface area contributed by atoms with Crippen LogP contribution in [0.2, 0.25) is 0 Å². The summed E-state index contributed by atoms with van der Waals surface area (Å²) < 4.78 is 5.35. The van der Waals surface area contributed by atoms with E-state index in [0.717, 1.165) is 0 Å². The number of carbonyl (C=O) groups is 1. The molecule has 4 nitrogen and oxygen atoms in total. The van der Waals surface area contributed by atoms with Gasteiger partial charge < -0.3 is 9.84 Å². The predicted octanol–water partition coefficient (Wildman–Crippen LogP) is 1.91. The zero-order valence-electron chi connectivity index (χ0n) is 9.59. The first-order valence-electron chi connectivity index (χ1n) is 5.37. The molecule has 1 unspecified atom stereocenters. The molecule has 1 atom stereocenters. The number of carbonyl (C=O) groups excluding carboxylic acids is 1. The van der Waals surface area contributed by atoms with Crippen LogP contribution < -0.4 is 0 Å². The van der Waals surface area contributed by atoms with Gasteiger partial charge in [-0.15, -0.1) is 6.58 Å². The maximum atomic E-state index is 12.0. The molecule has 18 heavy (non-hydrogen) atoms. The minimum atomic E-state index is -1.79. The van der Waals surface area contributed by atoms with E-state index in [0.29, 0.717) is 5.56 Å². The highest BCUT2D eigenvalue weighted by molar-refractivity contribution is 6.06. The Bertz CT molecular complexity index is 583. The second-order valence-corrected chi connectivity index (χ2v) is 3.83. The minimum absolute atomic E-state index is 0.0426. The second kappa shape index (κ2) is 4.47. The van der Waals surface area contributed by atoms with Crippen molar-refractivity contribution >= 4 is 11.9 Å². The molecule has 0 bridgehead atoms. The average Bonchev–Trinajstić information content (AvgIpc) is 2.39. The summed E-state index contributed by atoms with van der Waals surface area (Å²) in [6, 6.07) is 6.65. The van der Waals surface area contributed by atoms with Crippen LogP contribution in [0.3, 0.4) is 0 Å². The fourth-order valence-electron chi connectivity index (χ4n) is 1.96. The number of aromatic hydroxyl groups is 1. The van der Waals surface area contributed by atoms with Crippen LogP contribution in [0, 0.1) is 11.3 Å². The summed E-state index contributed by atoms with van der Waals surface area (Å²) in [5.41, 5.74) is -0.995. The van der Waals surface area contributed by atoms with E-state index in [1.807, 2.05) is 6.07 Å². The third-order valence-electron chi connectivity index (χ3n) is 2.76. The number of phenolic OH excluding ortho intramolecular Hbond substituents is 1. The van der Waals surface area contributed by atoms with Crippen LogP contribution in [-0.4, -0.2) is 17.5 Å². The number of ether oxygens (including phenoxy) is 1. The van der Waals surface area contributed by atoms with Gasteiger partial charge in [-0.25, -0.2) is 0 Å². The van der Waals surface area contributed by atoms with Crippen molar-refractivity contribution in [2.75, 3.05) is 6.61 Å². The first kappa shape index (κ1) is 12.1. The number of benzene rings is 1. The van der Waals surface area contributed by atoms with Crippen molar-refractivity contribution in [1.29, 1.82) is 5.26 Å². The maximum absolute atomic E-state index is 12.0. The van der Waals surface area contributed by atoms with Gasteiger partial charge in [-0.3, -0.25) is 4.79 Å². The van der Waals surface area contributed by atoms with Crippen LogP contribution >= 0.6 is 0 Å². The molecule has 1 aliphatic rings. The van der Waals surface area contributed by atoms with Crippen LogP contribution in [-0.2, 0) is 15.1 Å². The lowest BCUT2D eigenvalue weighted by atomic mass is 9.82. The third kappa shape index (κ3) is 1.62. The van der Waals surface area contributed by atoms with E-state index in [4.69, 9.17) is 4.74 Å². The summed E-state index contributed by atoms with van der Waals surface area (Å²) in [6.45, 7) is 3.53. The van der Waals surface area contributed by atoms with Gasteiger partial charge in [0, 0.05) is 0 Å². The largest absolute Gasteiger partial charge is 0.507 e. The van der Waals surface area contributed by atoms with Gasteiger partial charge in [0.1, 0.15) is 11.8 Å². The molecule has 1 aliphatic carbocycles. The van der Waals surface area contributed by atoms with Crippen LogP contribution in [0.5, 0.6) is 5.75 Å². The minimum Gasteiger partial charge on any atom is -0.507 e. The van der Waals surface area contributed by atoms with Crippen molar-refractivity contribution in [3.05, 3.63) is 48.1 Å². The van der Waals surface area contributed by atoms with Crippen molar-refractivity contribution in [1.82, 2.24) is 0 Å². The molecule has 0 spiro atoms. The number of nitriles is 1. The van der Waals surface area contributed by atoms with Gasteiger partial charge >= 0.3 is 0 Å². The number of phenols is 1. The van der Waals surface area contributed by atoms with Crippen LogP contribution in [0.1, 0.15) is 11.1 Å². The molecule has 2 rings (SSSR count). The van der Waals surface area contributed by atoms with Gasteiger partial charge in [0.25, 0.3) is 0 Å². The molecule has 0 heterocycles. The highest BCUT2D eigenvalue weighted by atomic mass is 16.5. The Labute approximate surface area is 104 Å². The predicted molar refractivity (Wildman–Crippen MR) is 65.6 cm³/mol. The molecule has 90 valence electrons. The Kier molecular flexibility index (Phi) is 3.00. The molecule has 0 saturated heterocycles. The standard InChI is InChI=1S/C14H11NO3/c1-2-8-18-14(9-15)12(17)7-6-10-4-3-5-11(16)13(10)14/h2-7,16H,1,8H2. The monoisotopic (exact) mass is 241 g/mol. The number of ketones is 1. The van der Waals surface area contributed by atoms with Crippen molar-refractivity contribution in [3.8, 4) is 11.8 Å². The van der Waals surface area contributed by atoms with E-state index in [1.165, 1.54) is 18.2 Å². The van der Waals surface area contributed by atoms with Gasteiger partial charge in [0.2, 0.25) is 11.4 Å². The first-order valence-corrected chi connectivity index (χ1v) is 5.37. The van der Waals surface area contributed by atoms with E-state index in [2.05, 4.69) is 6.58 Å². The van der Waals surface area contributed by atoms with E-state index >= 15 is 0 Å². The first-order chi connectivity index (χ1) is 8.65. The number of hydrogen-bond acceptors (Lipinski definition) is 4. The molecule has 0 aromatic heterocycles. The zero-order chi connectivity index (χ0) is 13.2. The number of hydrogen-bond donors (Lipinski definition) is 1. The van der Waals surface area contributed by atoms with Crippen LogP contribution in [0.25, 0.3) is 6.08 Å². The van der Waals surface area contributed by atoms with Gasteiger partial charge in [-0.2, -0.15) is 5.26 Å². The molecular formula is C14H11NO3. The Morgan fingerprint density at radius 2 is 2.28 bits per heavy atom. The van der Waals surface area contributed by atoms with Crippen molar-refractivity contribution in [3.63, 3.8) is 0 Å². The number of fused-ring (bicyclic) bond motifs is 1. The third-order valence-corrected chi connectivity index (χ3v) is 2.76. The lowest BCUT2D eigenvalue weighted by Gasteiger charge is -2.29. The normalized spacial score (nSPS) is 21.2. The highest BCUT2D eigenvalue weighted by Gasteiger charge is 2.45. The molecule has 0 saturated carbocycles. The molecule has 1 aromatic carbocycles. The fourth-order valence-corrected chi connectivity index (χ4v) is 1.96. The smallest absolute Gasteiger partial charge is 0.247 e. The van der Waals surface area contributed by atoms with Gasteiger partial charge in [-0.05, 0) is 17.7 Å². The molecule has 0 fully saturated rings. The Balaban J connectivity index is 2.67. The second-order valence-electron chi connectivity index (χ2n) is 3.83. The molecule has 1 N–H and O–H groups in total. The molecule has 0 radical (unpaired) electrons. The van der Waals surface area contributed by atoms with Crippen molar-refractivity contribution < 1.29 is 14.6 Å². The maximum Gasteiger partial charge on any atom is 0.247 e. The summed E-state index contributed by atoms with van der Waals surface area (Å²) in [5.74, 6) is -0.628. The molecule has 0 aliphatic heterocycles. The summed E-state index contributed by atoms with van der Waals surface area (Å²) in [7, 11) is 0. The number of nitrogens with zero attached hydrogens (tertiary/aromatic N) is 1. The zero-order valence-corrected chi connectivity index (χ0v) is 9.59. The fraction of sp³-hybridized carbons (Fsp3) is 0.143. The lowest BCUT2D eigenvalue weighted by Crippen LogP contribution is -2.39. The Morgan fingerprint density at radius 3 is 2.94 bits per heavy atom. The van der Waals surface area contributed by atoms with E-state index < -0.39 is 11.4 Å². The molecule has 1 aromatic rings. The molecular weight excluding hydrogens is 230 g/mol. The lowest BCUT2D eigenvalue weighted by molar-refractivity contribution is -0.132. The summed E-state index contributed by atoms with van der Waals surface area (Å²) in [5, 5.41) is 19.2. The Hall–Kier alpha value is -2.38. The summed E-state index contributed by atoms with van der Waals surface area (Å²) >= 11 is 0. The quantitative estimate of drug-likeness (QED) is 0.820. The Morgan fingerprint density at radius 1 is 1.50 bits per heavy atom. The summed E-state index contributed by atoms with van der Waals surface area (Å²) in [6.07, 6.45) is 4.29. The number of rotatable bonds is 3. The van der Waals surface area contributed by atoms with Gasteiger partial charge in [0.05, 0.1) is 12.2 Å². The van der Waals surface area contributed by atoms with Gasteiger partial charge in [0.15, 0.2) is 0 Å². The average molecular weight is 241 g/mol. The van der Waals surface area contributed by atoms with E-state index in [1.54, 1.807) is 18.2 Å². The van der Waals surface area contributed by atoms with E-state index in [-0.39, 0.29) is 17.9 Å². The van der Waals surface area contributed by atoms with Gasteiger partial charge in [-0.1, -0.05) is 24.3 Å². The van der Waals surface area contributed by atoms with Crippen molar-refractivity contribution in [2.24, 2.45) is 0 Å². The highest BCUT2D eigenvalue weighted by Crippen LogP contribution is 2.39. The van der Waals surface area contributed by atoms with Crippen LogP contribution in [0.15, 0.2) is 36.9 Å². The summed E-state index contributed by atoms with van der Waals surface area (Å²) in [4.78, 5) is 12.0. The molecule has 4 heteroatoms. The van der Waals surface area contributed by atoms with Crippen molar-refractivity contribution in [2.45, 2.75) is 5.60 Å². The molecule has 0 amide bonds. The topological polar surface area (TPSA) is 70.3 Å².